The lowest BCUT2D eigenvalue weighted by Crippen LogP contribution is -2.37. The van der Waals surface area contributed by atoms with Gasteiger partial charge in [-0.15, -0.1) is 0 Å². The molecular weight excluding hydrogens is 423 g/mol. The van der Waals surface area contributed by atoms with Gasteiger partial charge in [-0.05, 0) is 44.9 Å². The van der Waals surface area contributed by atoms with Crippen molar-refractivity contribution in [2.45, 2.75) is 32.8 Å². The Morgan fingerprint density at radius 3 is 2.48 bits per heavy atom. The molecule has 1 aromatic carbocycles. The summed E-state index contributed by atoms with van der Waals surface area (Å²) >= 11 is 0. The summed E-state index contributed by atoms with van der Waals surface area (Å²) in [5.74, 6) is 0.253. The van der Waals surface area contributed by atoms with E-state index in [9.17, 15) is 14.0 Å². The Morgan fingerprint density at radius 2 is 1.82 bits per heavy atom. The first kappa shape index (κ1) is 23.0. The molecule has 8 heteroatoms. The second-order valence-electron chi connectivity index (χ2n) is 9.84. The monoisotopic (exact) mass is 454 g/mol. The highest BCUT2D eigenvalue weighted by Crippen LogP contribution is 2.34. The minimum atomic E-state index is -0.497. The molecule has 2 aliphatic rings. The molecule has 1 N–H and O–H groups in total. The summed E-state index contributed by atoms with van der Waals surface area (Å²) in [5, 5.41) is 2.85. The number of rotatable bonds is 5. The molecule has 0 saturated carbocycles. The van der Waals surface area contributed by atoms with Crippen molar-refractivity contribution in [3.8, 4) is 0 Å². The molecule has 2 saturated heterocycles. The van der Waals surface area contributed by atoms with Gasteiger partial charge in [0.15, 0.2) is 0 Å². The predicted molar refractivity (Wildman–Crippen MR) is 124 cm³/mol. The normalized spacial score (nSPS) is 20.0. The highest BCUT2D eigenvalue weighted by Gasteiger charge is 2.42. The van der Waals surface area contributed by atoms with Gasteiger partial charge in [0.2, 0.25) is 0 Å². The number of nitrogens with zero attached hydrogens (tertiary/aromatic N) is 3. The largest absolute Gasteiger partial charge is 0.444 e. The minimum Gasteiger partial charge on any atom is -0.444 e. The van der Waals surface area contributed by atoms with Crippen LogP contribution in [0, 0.1) is 17.7 Å². The third-order valence-corrected chi connectivity index (χ3v) is 6.13. The van der Waals surface area contributed by atoms with Gasteiger partial charge in [0.05, 0.1) is 17.4 Å². The molecule has 2 fully saturated rings. The minimum absolute atomic E-state index is 0.226. The van der Waals surface area contributed by atoms with Crippen molar-refractivity contribution in [3.05, 3.63) is 59.7 Å². The molecule has 176 valence electrons. The molecule has 2 aliphatic heterocycles. The molecule has 0 bridgehead atoms. The number of carbonyl (C=O) groups excluding carboxylic acids is 2. The maximum atomic E-state index is 13.7. The topological polar surface area (TPSA) is 74.8 Å². The van der Waals surface area contributed by atoms with E-state index in [4.69, 9.17) is 4.74 Å². The molecular formula is C25H31FN4O3. The van der Waals surface area contributed by atoms with E-state index in [0.717, 1.165) is 18.8 Å². The van der Waals surface area contributed by atoms with E-state index in [2.05, 4.69) is 15.2 Å². The number of halogens is 1. The van der Waals surface area contributed by atoms with Crippen LogP contribution in [0.25, 0.3) is 0 Å². The number of benzene rings is 1. The Morgan fingerprint density at radius 1 is 1.12 bits per heavy atom. The Hall–Kier alpha value is -3.16. The predicted octanol–water partition coefficient (Wildman–Crippen LogP) is 3.50. The zero-order chi connectivity index (χ0) is 23.6. The van der Waals surface area contributed by atoms with E-state index in [-0.39, 0.29) is 17.8 Å². The summed E-state index contributed by atoms with van der Waals surface area (Å²) in [6, 6.07) is 8.42. The Balaban J connectivity index is 1.30. The van der Waals surface area contributed by atoms with Gasteiger partial charge in [-0.1, -0.05) is 18.2 Å². The fraction of sp³-hybridized carbons (Fsp3) is 0.480. The lowest BCUT2D eigenvalue weighted by Gasteiger charge is -2.26. The fourth-order valence-corrected chi connectivity index (χ4v) is 4.52. The Bertz CT molecular complexity index is 1010. The third-order valence-electron chi connectivity index (χ3n) is 6.13. The highest BCUT2D eigenvalue weighted by atomic mass is 19.1. The van der Waals surface area contributed by atoms with E-state index < -0.39 is 5.60 Å². The van der Waals surface area contributed by atoms with Crippen LogP contribution in [0.2, 0.25) is 0 Å². The number of nitrogens with one attached hydrogen (secondary N) is 1. The van der Waals surface area contributed by atoms with E-state index >= 15 is 0 Å². The molecule has 1 aromatic heterocycles. The SMILES string of the molecule is CC(C)(C)OC(=O)N1CC2CN(c3cncc(C(=O)NCCc4ccccc4F)c3)CC2C1. The average molecular weight is 455 g/mol. The molecule has 2 unspecified atom stereocenters. The summed E-state index contributed by atoms with van der Waals surface area (Å²) in [7, 11) is 0. The van der Waals surface area contributed by atoms with Gasteiger partial charge < -0.3 is 19.9 Å². The van der Waals surface area contributed by atoms with Gasteiger partial charge in [-0.3, -0.25) is 9.78 Å². The Kier molecular flexibility index (Phi) is 6.54. The quantitative estimate of drug-likeness (QED) is 0.749. The van der Waals surface area contributed by atoms with Gasteiger partial charge in [0, 0.05) is 50.8 Å². The van der Waals surface area contributed by atoms with Crippen LogP contribution in [-0.2, 0) is 11.2 Å². The molecule has 2 atom stereocenters. The number of fused-ring (bicyclic) bond motifs is 1. The van der Waals surface area contributed by atoms with Gasteiger partial charge in [0.1, 0.15) is 11.4 Å². The molecule has 0 aliphatic carbocycles. The summed E-state index contributed by atoms with van der Waals surface area (Å²) < 4.78 is 19.2. The van der Waals surface area contributed by atoms with Crippen molar-refractivity contribution >= 4 is 17.7 Å². The van der Waals surface area contributed by atoms with Gasteiger partial charge in [-0.2, -0.15) is 0 Å². The number of ether oxygens (including phenoxy) is 1. The van der Waals surface area contributed by atoms with E-state index in [1.807, 2.05) is 26.8 Å². The van der Waals surface area contributed by atoms with Gasteiger partial charge >= 0.3 is 6.09 Å². The first-order valence-electron chi connectivity index (χ1n) is 11.4. The fourth-order valence-electron chi connectivity index (χ4n) is 4.52. The first-order chi connectivity index (χ1) is 15.7. The van der Waals surface area contributed by atoms with Crippen LogP contribution in [0.5, 0.6) is 0 Å². The smallest absolute Gasteiger partial charge is 0.410 e. The zero-order valence-corrected chi connectivity index (χ0v) is 19.4. The van der Waals surface area contributed by atoms with Crippen molar-refractivity contribution in [2.24, 2.45) is 11.8 Å². The van der Waals surface area contributed by atoms with Crippen molar-refractivity contribution in [3.63, 3.8) is 0 Å². The number of pyridine rings is 1. The maximum Gasteiger partial charge on any atom is 0.410 e. The number of anilines is 1. The van der Waals surface area contributed by atoms with Crippen LogP contribution < -0.4 is 10.2 Å². The molecule has 4 rings (SSSR count). The Labute approximate surface area is 193 Å². The summed E-state index contributed by atoms with van der Waals surface area (Å²) in [6.45, 7) is 8.95. The lowest BCUT2D eigenvalue weighted by atomic mass is 10.0. The van der Waals surface area contributed by atoms with Gasteiger partial charge in [-0.25, -0.2) is 9.18 Å². The first-order valence-corrected chi connectivity index (χ1v) is 11.4. The summed E-state index contributed by atoms with van der Waals surface area (Å²) in [6.07, 6.45) is 3.49. The molecule has 0 spiro atoms. The molecule has 33 heavy (non-hydrogen) atoms. The number of likely N-dealkylation sites (tertiary alicyclic amines) is 1. The standard InChI is InChI=1S/C25H31FN4O3/c1-25(2,3)33-24(32)30-15-19-13-29(14-20(19)16-30)21-10-18(11-27-12-21)23(31)28-9-8-17-6-4-5-7-22(17)26/h4-7,10-12,19-20H,8-9,13-16H2,1-3H3,(H,28,31). The number of hydrogen-bond acceptors (Lipinski definition) is 5. The highest BCUT2D eigenvalue weighted by molar-refractivity contribution is 5.94. The van der Waals surface area contributed by atoms with Crippen LogP contribution in [0.3, 0.4) is 0 Å². The number of carbonyl (C=O) groups is 2. The average Bonchev–Trinajstić information content (AvgIpc) is 3.33. The molecule has 3 heterocycles. The van der Waals surface area contributed by atoms with Crippen LogP contribution in [0.4, 0.5) is 14.9 Å². The second kappa shape index (κ2) is 9.37. The summed E-state index contributed by atoms with van der Waals surface area (Å²) in [4.78, 5) is 33.3. The molecule has 2 amide bonds. The molecule has 2 aromatic rings. The van der Waals surface area contributed by atoms with Crippen LogP contribution in [0.1, 0.15) is 36.7 Å². The van der Waals surface area contributed by atoms with Crippen molar-refractivity contribution < 1.29 is 18.7 Å². The van der Waals surface area contributed by atoms with Crippen LogP contribution in [0.15, 0.2) is 42.7 Å². The lowest BCUT2D eigenvalue weighted by molar-refractivity contribution is 0.0282. The van der Waals surface area contributed by atoms with E-state index in [1.165, 1.54) is 6.07 Å². The van der Waals surface area contributed by atoms with Crippen LogP contribution >= 0.6 is 0 Å². The van der Waals surface area contributed by atoms with Crippen molar-refractivity contribution in [1.82, 2.24) is 15.2 Å². The van der Waals surface area contributed by atoms with Crippen molar-refractivity contribution in [1.29, 1.82) is 0 Å². The van der Waals surface area contributed by atoms with Crippen molar-refractivity contribution in [2.75, 3.05) is 37.6 Å². The number of hydrogen-bond donors (Lipinski definition) is 1. The number of amides is 2. The third kappa shape index (κ3) is 5.61. The number of aromatic nitrogens is 1. The van der Waals surface area contributed by atoms with E-state index in [1.54, 1.807) is 35.5 Å². The molecule has 0 radical (unpaired) electrons. The summed E-state index contributed by atoms with van der Waals surface area (Å²) in [5.41, 5.74) is 1.46. The van der Waals surface area contributed by atoms with E-state index in [0.29, 0.717) is 49.0 Å². The molecule has 7 nitrogen and oxygen atoms in total. The second-order valence-corrected chi connectivity index (χ2v) is 9.84. The van der Waals surface area contributed by atoms with Gasteiger partial charge in [0.25, 0.3) is 5.91 Å². The van der Waals surface area contributed by atoms with Crippen LogP contribution in [-0.4, -0.2) is 60.2 Å². The maximum absolute atomic E-state index is 13.7. The zero-order valence-electron chi connectivity index (χ0n) is 19.4.